The van der Waals surface area contributed by atoms with Gasteiger partial charge in [0.2, 0.25) is 11.8 Å². The molecule has 25 heavy (non-hydrogen) atoms. The summed E-state index contributed by atoms with van der Waals surface area (Å²) in [6.45, 7) is 7.32. The van der Waals surface area contributed by atoms with Crippen LogP contribution in [0.5, 0.6) is 5.75 Å². The normalized spacial score (nSPS) is 14.9. The molecule has 1 aliphatic rings. The minimum atomic E-state index is -0.526. The lowest BCUT2D eigenvalue weighted by Crippen LogP contribution is -2.52. The Morgan fingerprint density at radius 3 is 2.52 bits per heavy atom. The molecule has 1 saturated heterocycles. The minimum absolute atomic E-state index is 0.0700. The molecule has 0 aromatic heterocycles. The Morgan fingerprint density at radius 1 is 1.24 bits per heavy atom. The van der Waals surface area contributed by atoms with Crippen LogP contribution >= 0.6 is 0 Å². The summed E-state index contributed by atoms with van der Waals surface area (Å²) in [4.78, 5) is 35.7. The van der Waals surface area contributed by atoms with E-state index in [1.54, 1.807) is 0 Å². The minimum Gasteiger partial charge on any atom is -0.492 e. The number of hydrogen-bond acceptors (Lipinski definition) is 4. The highest BCUT2D eigenvalue weighted by atomic mass is 16.5. The van der Waals surface area contributed by atoms with Gasteiger partial charge in [0.1, 0.15) is 18.9 Å². The Kier molecular flexibility index (Phi) is 6.01. The van der Waals surface area contributed by atoms with Crippen LogP contribution in [0.2, 0.25) is 0 Å². The van der Waals surface area contributed by atoms with E-state index in [9.17, 15) is 14.4 Å². The van der Waals surface area contributed by atoms with Gasteiger partial charge >= 0.3 is 6.03 Å². The molecular weight excluding hydrogens is 322 g/mol. The maximum absolute atomic E-state index is 11.8. The Balaban J connectivity index is 1.68. The summed E-state index contributed by atoms with van der Waals surface area (Å²) in [5, 5.41) is 4.88. The van der Waals surface area contributed by atoms with E-state index < -0.39 is 6.03 Å². The third-order valence-electron chi connectivity index (χ3n) is 3.89. The first-order chi connectivity index (χ1) is 11.8. The molecule has 1 aromatic carbocycles. The lowest BCUT2D eigenvalue weighted by Gasteiger charge is -2.25. The number of ether oxygens (including phenoxy) is 1. The first kappa shape index (κ1) is 18.8. The average molecular weight is 347 g/mol. The highest BCUT2D eigenvalue weighted by Crippen LogP contribution is 2.24. The fourth-order valence-corrected chi connectivity index (χ4v) is 2.39. The summed E-state index contributed by atoms with van der Waals surface area (Å²) in [5.41, 5.74) is 1.32. The fraction of sp³-hybridized carbons (Fsp3) is 0.500. The van der Waals surface area contributed by atoms with Crippen LogP contribution in [0.15, 0.2) is 24.3 Å². The number of benzene rings is 1. The van der Waals surface area contributed by atoms with E-state index in [0.717, 1.165) is 5.75 Å². The molecule has 2 rings (SSSR count). The van der Waals surface area contributed by atoms with Gasteiger partial charge in [0.05, 0.1) is 6.54 Å². The maximum Gasteiger partial charge on any atom is 0.324 e. The predicted octanol–water partition coefficient (Wildman–Crippen LogP) is 1.42. The summed E-state index contributed by atoms with van der Waals surface area (Å²) in [6.07, 6.45) is 0.215. The monoisotopic (exact) mass is 347 g/mol. The average Bonchev–Trinajstić information content (AvgIpc) is 2.54. The van der Waals surface area contributed by atoms with Gasteiger partial charge in [-0.3, -0.25) is 14.9 Å². The molecule has 0 aliphatic carbocycles. The predicted molar refractivity (Wildman–Crippen MR) is 93.4 cm³/mol. The van der Waals surface area contributed by atoms with Crippen LogP contribution in [0, 0.1) is 0 Å². The second-order valence-corrected chi connectivity index (χ2v) is 7.00. The molecule has 0 unspecified atom stereocenters. The molecule has 1 fully saturated rings. The Morgan fingerprint density at radius 2 is 1.92 bits per heavy atom. The van der Waals surface area contributed by atoms with Gasteiger partial charge in [-0.1, -0.05) is 32.9 Å². The van der Waals surface area contributed by atoms with E-state index in [1.165, 1.54) is 10.5 Å². The summed E-state index contributed by atoms with van der Waals surface area (Å²) in [6, 6.07) is 7.37. The van der Waals surface area contributed by atoms with Gasteiger partial charge in [-0.05, 0) is 23.1 Å². The van der Waals surface area contributed by atoms with E-state index in [4.69, 9.17) is 4.74 Å². The van der Waals surface area contributed by atoms with E-state index >= 15 is 0 Å². The fourth-order valence-electron chi connectivity index (χ4n) is 2.39. The number of rotatable bonds is 6. The molecule has 0 saturated carbocycles. The molecule has 0 atom stereocenters. The van der Waals surface area contributed by atoms with E-state index in [1.807, 2.05) is 24.3 Å². The van der Waals surface area contributed by atoms with Gasteiger partial charge in [0.25, 0.3) is 0 Å². The van der Waals surface area contributed by atoms with Gasteiger partial charge in [0.15, 0.2) is 0 Å². The topological polar surface area (TPSA) is 87.7 Å². The summed E-state index contributed by atoms with van der Waals surface area (Å²) < 4.78 is 5.60. The molecule has 2 N–H and O–H groups in total. The summed E-state index contributed by atoms with van der Waals surface area (Å²) >= 11 is 0. The van der Waals surface area contributed by atoms with Crippen LogP contribution < -0.4 is 15.4 Å². The zero-order valence-electron chi connectivity index (χ0n) is 14.9. The summed E-state index contributed by atoms with van der Waals surface area (Å²) in [5.74, 6) is 0.153. The van der Waals surface area contributed by atoms with Gasteiger partial charge in [-0.25, -0.2) is 4.79 Å². The first-order valence-electron chi connectivity index (χ1n) is 8.34. The Bertz CT molecular complexity index is 635. The quantitative estimate of drug-likeness (QED) is 0.762. The van der Waals surface area contributed by atoms with E-state index in [0.29, 0.717) is 13.2 Å². The highest BCUT2D eigenvalue weighted by Gasteiger charge is 2.24. The van der Waals surface area contributed by atoms with Crippen molar-refractivity contribution in [3.05, 3.63) is 29.8 Å². The van der Waals surface area contributed by atoms with Gasteiger partial charge in [0, 0.05) is 13.0 Å². The van der Waals surface area contributed by atoms with Crippen LogP contribution in [0.25, 0.3) is 0 Å². The van der Waals surface area contributed by atoms with Crippen LogP contribution in [0.1, 0.15) is 32.8 Å². The lowest BCUT2D eigenvalue weighted by atomic mass is 9.87. The van der Waals surface area contributed by atoms with Gasteiger partial charge in [-0.15, -0.1) is 0 Å². The van der Waals surface area contributed by atoms with Crippen molar-refractivity contribution in [1.82, 2.24) is 15.5 Å². The number of nitrogens with one attached hydrogen (secondary N) is 2. The largest absolute Gasteiger partial charge is 0.492 e. The Hall–Kier alpha value is -2.57. The molecule has 1 aliphatic heterocycles. The molecule has 7 nitrogen and oxygen atoms in total. The maximum atomic E-state index is 11.8. The number of urea groups is 1. The van der Waals surface area contributed by atoms with Crippen molar-refractivity contribution in [2.24, 2.45) is 0 Å². The molecular formula is C18H25N3O4. The molecule has 136 valence electrons. The number of imide groups is 1. The standard InChI is InChI=1S/C18H25N3O4/c1-18(2,3)13-4-6-14(7-5-13)25-11-9-19-16(23)12-21-10-8-15(22)20-17(21)24/h4-7H,8-12H2,1-3H3,(H,19,23)(H,20,22,24). The first-order valence-corrected chi connectivity index (χ1v) is 8.34. The van der Waals surface area contributed by atoms with Crippen molar-refractivity contribution in [3.63, 3.8) is 0 Å². The third-order valence-corrected chi connectivity index (χ3v) is 3.89. The zero-order valence-corrected chi connectivity index (χ0v) is 14.9. The van der Waals surface area contributed by atoms with Crippen molar-refractivity contribution in [1.29, 1.82) is 0 Å². The molecule has 1 heterocycles. The van der Waals surface area contributed by atoms with Crippen molar-refractivity contribution in [3.8, 4) is 5.75 Å². The van der Waals surface area contributed by atoms with Crippen LogP contribution in [-0.2, 0) is 15.0 Å². The van der Waals surface area contributed by atoms with E-state index in [2.05, 4.69) is 31.4 Å². The second kappa shape index (κ2) is 8.00. The number of carbonyl (C=O) groups is 3. The Labute approximate surface area is 147 Å². The van der Waals surface area contributed by atoms with Crippen LogP contribution in [-0.4, -0.2) is 49.0 Å². The third kappa shape index (κ3) is 5.77. The number of nitrogens with zero attached hydrogens (tertiary/aromatic N) is 1. The van der Waals surface area contributed by atoms with Crippen molar-refractivity contribution in [2.45, 2.75) is 32.6 Å². The second-order valence-electron chi connectivity index (χ2n) is 7.00. The van der Waals surface area contributed by atoms with Crippen LogP contribution in [0.3, 0.4) is 0 Å². The van der Waals surface area contributed by atoms with Gasteiger partial charge in [-0.2, -0.15) is 0 Å². The number of hydrogen-bond donors (Lipinski definition) is 2. The molecule has 1 aromatic rings. The highest BCUT2D eigenvalue weighted by molar-refractivity contribution is 5.98. The number of amides is 4. The molecule has 4 amide bonds. The molecule has 0 spiro atoms. The van der Waals surface area contributed by atoms with Crippen molar-refractivity contribution in [2.75, 3.05) is 26.2 Å². The van der Waals surface area contributed by atoms with Gasteiger partial charge < -0.3 is 15.0 Å². The van der Waals surface area contributed by atoms with Crippen LogP contribution in [0.4, 0.5) is 4.79 Å². The van der Waals surface area contributed by atoms with Crippen molar-refractivity contribution < 1.29 is 19.1 Å². The molecule has 7 heteroatoms. The lowest BCUT2D eigenvalue weighted by molar-refractivity contribution is -0.125. The zero-order chi connectivity index (χ0) is 18.4. The van der Waals surface area contributed by atoms with Crippen molar-refractivity contribution >= 4 is 17.8 Å². The molecule has 0 radical (unpaired) electrons. The summed E-state index contributed by atoms with van der Waals surface area (Å²) in [7, 11) is 0. The number of carbonyl (C=O) groups excluding carboxylic acids is 3. The molecule has 0 bridgehead atoms. The SMILES string of the molecule is CC(C)(C)c1ccc(OCCNC(=O)CN2CCC(=O)NC2=O)cc1. The smallest absolute Gasteiger partial charge is 0.324 e. The van der Waals surface area contributed by atoms with E-state index in [-0.39, 0.29) is 36.7 Å².